The number of hydrogen-bond acceptors (Lipinski definition) is 2. The van der Waals surface area contributed by atoms with Crippen LogP contribution >= 0.6 is 0 Å². The van der Waals surface area contributed by atoms with Crippen molar-refractivity contribution >= 4 is 11.9 Å². The summed E-state index contributed by atoms with van der Waals surface area (Å²) in [6.07, 6.45) is 1.88. The van der Waals surface area contributed by atoms with E-state index in [4.69, 9.17) is 0 Å². The lowest BCUT2D eigenvalue weighted by molar-refractivity contribution is 0.446. The van der Waals surface area contributed by atoms with Crippen molar-refractivity contribution in [1.29, 1.82) is 0 Å². The third-order valence-corrected chi connectivity index (χ3v) is 3.28. The van der Waals surface area contributed by atoms with Crippen LogP contribution in [0.2, 0.25) is 0 Å². The molecule has 2 heteroatoms. The van der Waals surface area contributed by atoms with Gasteiger partial charge >= 0.3 is 0 Å². The van der Waals surface area contributed by atoms with Gasteiger partial charge in [-0.25, -0.2) is 0 Å². The van der Waals surface area contributed by atoms with Crippen LogP contribution in [0.3, 0.4) is 0 Å². The zero-order valence-corrected chi connectivity index (χ0v) is 14.2. The standard InChI is InChI=1S/C18H29NO/c1-12(2)11-19-15-10-13(17(3,4)5)9-14(16(15)20)18(6,7)8/h9-12,20H,1-8H3. The second kappa shape index (κ2) is 5.59. The van der Waals surface area contributed by atoms with E-state index in [0.717, 1.165) is 5.56 Å². The fourth-order valence-corrected chi connectivity index (χ4v) is 1.95. The van der Waals surface area contributed by atoms with Crippen LogP contribution < -0.4 is 0 Å². The maximum atomic E-state index is 10.5. The van der Waals surface area contributed by atoms with Gasteiger partial charge in [-0.3, -0.25) is 4.99 Å². The Morgan fingerprint density at radius 3 is 1.95 bits per heavy atom. The summed E-state index contributed by atoms with van der Waals surface area (Å²) in [6.45, 7) is 17.1. The molecule has 2 nitrogen and oxygen atoms in total. The highest BCUT2D eigenvalue weighted by Crippen LogP contribution is 2.41. The molecule has 0 radical (unpaired) electrons. The second-order valence-electron chi connectivity index (χ2n) is 7.91. The topological polar surface area (TPSA) is 32.6 Å². The van der Waals surface area contributed by atoms with Gasteiger partial charge in [0, 0.05) is 11.8 Å². The van der Waals surface area contributed by atoms with E-state index in [1.165, 1.54) is 5.56 Å². The summed E-state index contributed by atoms with van der Waals surface area (Å²) in [5.41, 5.74) is 2.77. The molecular formula is C18H29NO. The first kappa shape index (κ1) is 16.7. The molecule has 0 aromatic heterocycles. The van der Waals surface area contributed by atoms with E-state index in [1.54, 1.807) is 0 Å². The van der Waals surface area contributed by atoms with Gasteiger partial charge in [0.05, 0.1) is 0 Å². The minimum absolute atomic E-state index is 0.0375. The molecule has 112 valence electrons. The molecule has 0 atom stereocenters. The van der Waals surface area contributed by atoms with E-state index in [0.29, 0.717) is 17.4 Å². The van der Waals surface area contributed by atoms with Crippen molar-refractivity contribution in [3.63, 3.8) is 0 Å². The van der Waals surface area contributed by atoms with Gasteiger partial charge in [0.25, 0.3) is 0 Å². The molecule has 0 bridgehead atoms. The summed E-state index contributed by atoms with van der Waals surface area (Å²) in [6, 6.07) is 4.12. The number of hydrogen-bond donors (Lipinski definition) is 1. The average Bonchev–Trinajstić information content (AvgIpc) is 2.24. The highest BCUT2D eigenvalue weighted by atomic mass is 16.3. The minimum Gasteiger partial charge on any atom is -0.505 e. The molecule has 0 heterocycles. The molecule has 0 aliphatic heterocycles. The van der Waals surface area contributed by atoms with Crippen LogP contribution in [0.5, 0.6) is 5.75 Å². The molecule has 1 aromatic carbocycles. The zero-order chi connectivity index (χ0) is 15.7. The lowest BCUT2D eigenvalue weighted by Crippen LogP contribution is -2.16. The molecule has 0 saturated carbocycles. The number of nitrogens with zero attached hydrogens (tertiary/aromatic N) is 1. The van der Waals surface area contributed by atoms with Crippen molar-refractivity contribution in [3.05, 3.63) is 23.3 Å². The average molecular weight is 275 g/mol. The molecule has 1 rings (SSSR count). The Hall–Kier alpha value is -1.31. The van der Waals surface area contributed by atoms with Gasteiger partial charge in [-0.15, -0.1) is 0 Å². The third kappa shape index (κ3) is 4.09. The molecule has 0 spiro atoms. The number of aliphatic imine (C=N–C) groups is 1. The molecule has 0 fully saturated rings. The van der Waals surface area contributed by atoms with Gasteiger partial charge in [-0.05, 0) is 28.4 Å². The van der Waals surface area contributed by atoms with Gasteiger partial charge in [0.15, 0.2) is 0 Å². The smallest absolute Gasteiger partial charge is 0.144 e. The van der Waals surface area contributed by atoms with Gasteiger partial charge in [0.2, 0.25) is 0 Å². The number of phenols is 1. The zero-order valence-electron chi connectivity index (χ0n) is 14.2. The van der Waals surface area contributed by atoms with Crippen molar-refractivity contribution < 1.29 is 5.11 Å². The van der Waals surface area contributed by atoms with Crippen LogP contribution in [0, 0.1) is 5.92 Å². The molecule has 20 heavy (non-hydrogen) atoms. The molecule has 0 aliphatic rings. The molecule has 1 aromatic rings. The first-order chi connectivity index (χ1) is 8.93. The van der Waals surface area contributed by atoms with E-state index in [1.807, 2.05) is 12.3 Å². The van der Waals surface area contributed by atoms with Gasteiger partial charge in [0.1, 0.15) is 11.4 Å². The molecular weight excluding hydrogens is 246 g/mol. The van der Waals surface area contributed by atoms with Crippen molar-refractivity contribution in [1.82, 2.24) is 0 Å². The third-order valence-electron chi connectivity index (χ3n) is 3.28. The van der Waals surface area contributed by atoms with Crippen molar-refractivity contribution in [2.45, 2.75) is 66.2 Å². The van der Waals surface area contributed by atoms with E-state index in [9.17, 15) is 5.11 Å². The van der Waals surface area contributed by atoms with Crippen molar-refractivity contribution in [2.75, 3.05) is 0 Å². The van der Waals surface area contributed by atoms with Crippen LogP contribution in [0.15, 0.2) is 17.1 Å². The first-order valence-electron chi connectivity index (χ1n) is 7.35. The highest BCUT2D eigenvalue weighted by molar-refractivity contribution is 5.70. The van der Waals surface area contributed by atoms with E-state index < -0.39 is 0 Å². The SMILES string of the molecule is CC(C)C=Nc1cc(C(C)(C)C)cc(C(C)(C)C)c1O. The van der Waals surface area contributed by atoms with Gasteiger partial charge < -0.3 is 5.11 Å². The number of aromatic hydroxyl groups is 1. The van der Waals surface area contributed by atoms with Gasteiger partial charge in [-0.2, -0.15) is 0 Å². The summed E-state index contributed by atoms with van der Waals surface area (Å²) >= 11 is 0. The quantitative estimate of drug-likeness (QED) is 0.725. The fraction of sp³-hybridized carbons (Fsp3) is 0.611. The maximum Gasteiger partial charge on any atom is 0.144 e. The Morgan fingerprint density at radius 1 is 1.00 bits per heavy atom. The van der Waals surface area contributed by atoms with Crippen molar-refractivity contribution in [3.8, 4) is 5.75 Å². The molecule has 0 aliphatic carbocycles. The summed E-state index contributed by atoms with van der Waals surface area (Å²) < 4.78 is 0. The largest absolute Gasteiger partial charge is 0.505 e. The Labute approximate surface area is 124 Å². The Bertz CT molecular complexity index is 499. The Morgan fingerprint density at radius 2 is 1.55 bits per heavy atom. The number of benzene rings is 1. The van der Waals surface area contributed by atoms with Crippen LogP contribution in [0.25, 0.3) is 0 Å². The van der Waals surface area contributed by atoms with E-state index >= 15 is 0 Å². The van der Waals surface area contributed by atoms with Crippen LogP contribution in [-0.2, 0) is 10.8 Å². The predicted octanol–water partition coefficient (Wildman–Crippen LogP) is 5.35. The lowest BCUT2D eigenvalue weighted by Gasteiger charge is -2.26. The Kier molecular flexibility index (Phi) is 4.68. The first-order valence-corrected chi connectivity index (χ1v) is 7.35. The predicted molar refractivity (Wildman–Crippen MR) is 88.5 cm³/mol. The van der Waals surface area contributed by atoms with Gasteiger partial charge in [-0.1, -0.05) is 61.5 Å². The van der Waals surface area contributed by atoms with E-state index in [2.05, 4.69) is 66.4 Å². The Balaban J connectivity index is 3.51. The summed E-state index contributed by atoms with van der Waals surface area (Å²) in [5.74, 6) is 0.674. The highest BCUT2D eigenvalue weighted by Gasteiger charge is 2.24. The number of rotatable bonds is 2. The van der Waals surface area contributed by atoms with E-state index in [-0.39, 0.29) is 10.8 Å². The monoisotopic (exact) mass is 275 g/mol. The molecule has 0 amide bonds. The normalized spacial score (nSPS) is 13.4. The maximum absolute atomic E-state index is 10.5. The summed E-state index contributed by atoms with van der Waals surface area (Å²) in [4.78, 5) is 4.48. The summed E-state index contributed by atoms with van der Waals surface area (Å²) in [7, 11) is 0. The van der Waals surface area contributed by atoms with Crippen molar-refractivity contribution in [2.24, 2.45) is 10.9 Å². The van der Waals surface area contributed by atoms with Crippen LogP contribution in [0.4, 0.5) is 5.69 Å². The lowest BCUT2D eigenvalue weighted by atomic mass is 9.80. The minimum atomic E-state index is -0.104. The number of phenolic OH excluding ortho intramolecular Hbond substituents is 1. The van der Waals surface area contributed by atoms with Crippen LogP contribution in [0.1, 0.15) is 66.5 Å². The second-order valence-corrected chi connectivity index (χ2v) is 7.91. The molecule has 0 unspecified atom stereocenters. The molecule has 1 N–H and O–H groups in total. The van der Waals surface area contributed by atoms with Crippen LogP contribution in [-0.4, -0.2) is 11.3 Å². The summed E-state index contributed by atoms with van der Waals surface area (Å²) in [5, 5.41) is 10.5. The molecule has 0 saturated heterocycles. The fourth-order valence-electron chi connectivity index (χ4n) is 1.95.